The smallest absolute Gasteiger partial charge is 0.335 e. The van der Waals surface area contributed by atoms with Gasteiger partial charge in [0.25, 0.3) is 0 Å². The number of carbonyl (C=O) groups excluding carboxylic acids is 1. The van der Waals surface area contributed by atoms with E-state index in [0.29, 0.717) is 0 Å². The standard InChI is InChI=1S/C13H17NO6S/c1-3-14(9-12(15)20-4-2)21(18,19)11-7-5-10(6-8-11)13(16)17/h5-8H,3-4,9H2,1-2H3,(H,16,17). The fraction of sp³-hybridized carbons (Fsp3) is 0.385. The van der Waals surface area contributed by atoms with E-state index in [1.165, 1.54) is 24.3 Å². The van der Waals surface area contributed by atoms with E-state index in [-0.39, 0.29) is 30.2 Å². The second-order valence-corrected chi connectivity index (χ2v) is 6.00. The number of carbonyl (C=O) groups is 2. The number of rotatable bonds is 7. The molecule has 1 N–H and O–H groups in total. The first-order valence-electron chi connectivity index (χ1n) is 6.32. The quantitative estimate of drug-likeness (QED) is 0.752. The number of ether oxygens (including phenoxy) is 1. The van der Waals surface area contributed by atoms with Crippen molar-refractivity contribution in [2.75, 3.05) is 19.7 Å². The number of carboxylic acids is 1. The van der Waals surface area contributed by atoms with Gasteiger partial charge in [-0.25, -0.2) is 13.2 Å². The molecular formula is C13H17NO6S. The molecule has 0 amide bonds. The SMILES string of the molecule is CCOC(=O)CN(CC)S(=O)(=O)c1ccc(C(=O)O)cc1. The largest absolute Gasteiger partial charge is 0.478 e. The summed E-state index contributed by atoms with van der Waals surface area (Å²) in [5, 5.41) is 8.79. The lowest BCUT2D eigenvalue weighted by atomic mass is 10.2. The molecule has 1 aromatic rings. The Bertz CT molecular complexity index is 608. The van der Waals surface area contributed by atoms with E-state index in [4.69, 9.17) is 9.84 Å². The van der Waals surface area contributed by atoms with Gasteiger partial charge < -0.3 is 9.84 Å². The highest BCUT2D eigenvalue weighted by atomic mass is 32.2. The maximum absolute atomic E-state index is 12.4. The van der Waals surface area contributed by atoms with Crippen molar-refractivity contribution in [3.63, 3.8) is 0 Å². The summed E-state index contributed by atoms with van der Waals surface area (Å²) in [6.07, 6.45) is 0. The molecule has 1 aromatic carbocycles. The van der Waals surface area contributed by atoms with E-state index >= 15 is 0 Å². The number of nitrogens with zero attached hydrogens (tertiary/aromatic N) is 1. The van der Waals surface area contributed by atoms with Crippen molar-refractivity contribution >= 4 is 22.0 Å². The van der Waals surface area contributed by atoms with Crippen LogP contribution < -0.4 is 0 Å². The van der Waals surface area contributed by atoms with Gasteiger partial charge in [-0.05, 0) is 31.2 Å². The van der Waals surface area contributed by atoms with Gasteiger partial charge in [0.05, 0.1) is 17.1 Å². The van der Waals surface area contributed by atoms with E-state index in [1.54, 1.807) is 13.8 Å². The zero-order valence-corrected chi connectivity index (χ0v) is 12.6. The topological polar surface area (TPSA) is 101 Å². The number of hydrogen-bond acceptors (Lipinski definition) is 5. The molecule has 0 saturated carbocycles. The van der Waals surface area contributed by atoms with Gasteiger partial charge in [0, 0.05) is 6.54 Å². The molecule has 0 atom stereocenters. The Hall–Kier alpha value is -1.93. The van der Waals surface area contributed by atoms with Gasteiger partial charge in [0.2, 0.25) is 10.0 Å². The van der Waals surface area contributed by atoms with Crippen LogP contribution in [0.1, 0.15) is 24.2 Å². The summed E-state index contributed by atoms with van der Waals surface area (Å²) in [5.74, 6) is -1.78. The first kappa shape index (κ1) is 17.1. The van der Waals surface area contributed by atoms with Gasteiger partial charge in [-0.3, -0.25) is 4.79 Å². The molecule has 0 saturated heterocycles. The summed E-state index contributed by atoms with van der Waals surface area (Å²) < 4.78 is 30.4. The van der Waals surface area contributed by atoms with E-state index in [2.05, 4.69) is 0 Å². The van der Waals surface area contributed by atoms with E-state index in [1.807, 2.05) is 0 Å². The molecular weight excluding hydrogens is 298 g/mol. The number of sulfonamides is 1. The normalized spacial score (nSPS) is 11.4. The van der Waals surface area contributed by atoms with Crippen LogP contribution in [-0.4, -0.2) is 49.5 Å². The highest BCUT2D eigenvalue weighted by molar-refractivity contribution is 7.89. The van der Waals surface area contributed by atoms with Crippen LogP contribution in [0.2, 0.25) is 0 Å². The van der Waals surface area contributed by atoms with E-state index in [9.17, 15) is 18.0 Å². The van der Waals surface area contributed by atoms with Crippen molar-refractivity contribution in [2.24, 2.45) is 0 Å². The minimum atomic E-state index is -3.87. The predicted molar refractivity (Wildman–Crippen MR) is 74.5 cm³/mol. The lowest BCUT2D eigenvalue weighted by molar-refractivity contribution is -0.143. The summed E-state index contributed by atoms with van der Waals surface area (Å²) in [5.41, 5.74) is -0.0117. The third-order valence-corrected chi connectivity index (χ3v) is 4.64. The number of carboxylic acid groups (broad SMARTS) is 1. The number of esters is 1. The maximum atomic E-state index is 12.4. The summed E-state index contributed by atoms with van der Waals surface area (Å²) in [6.45, 7) is 3.12. The molecule has 0 heterocycles. The zero-order valence-electron chi connectivity index (χ0n) is 11.8. The van der Waals surface area contributed by atoms with Crippen molar-refractivity contribution in [1.29, 1.82) is 0 Å². The van der Waals surface area contributed by atoms with Crippen LogP contribution >= 0.6 is 0 Å². The van der Waals surface area contributed by atoms with Crippen molar-refractivity contribution in [2.45, 2.75) is 18.7 Å². The lowest BCUT2D eigenvalue weighted by Gasteiger charge is -2.19. The Balaban J connectivity index is 3.01. The zero-order chi connectivity index (χ0) is 16.0. The van der Waals surface area contributed by atoms with Crippen LogP contribution in [0, 0.1) is 0 Å². The van der Waals surface area contributed by atoms with Crippen LogP contribution in [0.15, 0.2) is 29.2 Å². The average Bonchev–Trinajstić information content (AvgIpc) is 2.45. The summed E-state index contributed by atoms with van der Waals surface area (Å²) in [4.78, 5) is 22.1. The molecule has 0 aromatic heterocycles. The van der Waals surface area contributed by atoms with Gasteiger partial charge in [-0.15, -0.1) is 0 Å². The molecule has 0 unspecified atom stereocenters. The van der Waals surface area contributed by atoms with Crippen LogP contribution in [-0.2, 0) is 19.6 Å². The molecule has 8 heteroatoms. The van der Waals surface area contributed by atoms with Crippen molar-refractivity contribution in [3.8, 4) is 0 Å². The Morgan fingerprint density at radius 2 is 1.76 bits per heavy atom. The number of hydrogen-bond donors (Lipinski definition) is 1. The minimum absolute atomic E-state index is 0.0117. The van der Waals surface area contributed by atoms with Gasteiger partial charge in [-0.2, -0.15) is 4.31 Å². The maximum Gasteiger partial charge on any atom is 0.335 e. The highest BCUT2D eigenvalue weighted by Gasteiger charge is 2.25. The minimum Gasteiger partial charge on any atom is -0.478 e. The van der Waals surface area contributed by atoms with Gasteiger partial charge in [0.15, 0.2) is 0 Å². The van der Waals surface area contributed by atoms with Crippen molar-refractivity contribution in [1.82, 2.24) is 4.31 Å². The Morgan fingerprint density at radius 1 is 1.19 bits per heavy atom. The molecule has 1 rings (SSSR count). The summed E-state index contributed by atoms with van der Waals surface area (Å²) in [7, 11) is -3.87. The second-order valence-electron chi connectivity index (χ2n) is 4.07. The van der Waals surface area contributed by atoms with Crippen LogP contribution in [0.25, 0.3) is 0 Å². The predicted octanol–water partition coefficient (Wildman–Crippen LogP) is 0.958. The van der Waals surface area contributed by atoms with Gasteiger partial charge in [0.1, 0.15) is 6.54 Å². The summed E-state index contributed by atoms with van der Waals surface area (Å²) in [6, 6.07) is 4.81. The Morgan fingerprint density at radius 3 is 2.19 bits per heavy atom. The number of aromatic carboxylic acids is 1. The Kier molecular flexibility index (Phi) is 5.86. The fourth-order valence-electron chi connectivity index (χ4n) is 1.64. The first-order valence-corrected chi connectivity index (χ1v) is 7.76. The van der Waals surface area contributed by atoms with Crippen LogP contribution in [0.5, 0.6) is 0 Å². The average molecular weight is 315 g/mol. The van der Waals surface area contributed by atoms with Crippen molar-refractivity contribution < 1.29 is 27.9 Å². The number of benzene rings is 1. The molecule has 0 radical (unpaired) electrons. The molecule has 21 heavy (non-hydrogen) atoms. The molecule has 0 aliphatic carbocycles. The third kappa shape index (κ3) is 4.27. The Labute approximate surface area is 123 Å². The molecule has 7 nitrogen and oxygen atoms in total. The molecule has 0 fully saturated rings. The molecule has 116 valence electrons. The van der Waals surface area contributed by atoms with Crippen LogP contribution in [0.3, 0.4) is 0 Å². The van der Waals surface area contributed by atoms with Gasteiger partial charge >= 0.3 is 11.9 Å². The van der Waals surface area contributed by atoms with Gasteiger partial charge in [-0.1, -0.05) is 6.92 Å². The molecule has 0 aliphatic heterocycles. The molecule has 0 aliphatic rings. The van der Waals surface area contributed by atoms with Crippen LogP contribution in [0.4, 0.5) is 0 Å². The molecule has 0 spiro atoms. The number of likely N-dealkylation sites (N-methyl/N-ethyl adjacent to an activating group) is 1. The lowest BCUT2D eigenvalue weighted by Crippen LogP contribution is -2.36. The summed E-state index contributed by atoms with van der Waals surface area (Å²) >= 11 is 0. The van der Waals surface area contributed by atoms with E-state index in [0.717, 1.165) is 4.31 Å². The highest BCUT2D eigenvalue weighted by Crippen LogP contribution is 2.16. The monoisotopic (exact) mass is 315 g/mol. The fourth-order valence-corrected chi connectivity index (χ4v) is 3.03. The molecule has 0 bridgehead atoms. The van der Waals surface area contributed by atoms with E-state index < -0.39 is 22.0 Å². The first-order chi connectivity index (χ1) is 9.82. The second kappa shape index (κ2) is 7.19. The third-order valence-electron chi connectivity index (χ3n) is 2.70. The van der Waals surface area contributed by atoms with Crippen molar-refractivity contribution in [3.05, 3.63) is 29.8 Å².